The molecule has 3 nitrogen and oxygen atoms in total. The van der Waals surface area contributed by atoms with Crippen molar-refractivity contribution in [3.05, 3.63) is 84.2 Å². The minimum atomic E-state index is 0.799. The van der Waals surface area contributed by atoms with Crippen LogP contribution >= 0.6 is 0 Å². The molecule has 0 bridgehead atoms. The lowest BCUT2D eigenvalue weighted by atomic mass is 10.0. The average molecular weight is 314 g/mol. The van der Waals surface area contributed by atoms with Gasteiger partial charge in [0.1, 0.15) is 11.6 Å². The number of aromatic amines is 1. The molecule has 118 valence electrons. The molecule has 24 heavy (non-hydrogen) atoms. The third-order valence-corrected chi connectivity index (χ3v) is 4.17. The maximum Gasteiger partial charge on any atom is 0.119 e. The number of methoxy groups -OCH3 is 1. The van der Waals surface area contributed by atoms with Gasteiger partial charge in [0.05, 0.1) is 18.1 Å². The molecule has 0 radical (unpaired) electrons. The zero-order valence-corrected chi connectivity index (χ0v) is 13.5. The molecule has 0 amide bonds. The maximum atomic E-state index is 5.30. The smallest absolute Gasteiger partial charge is 0.119 e. The van der Waals surface area contributed by atoms with Crippen LogP contribution in [0.15, 0.2) is 72.8 Å². The maximum absolute atomic E-state index is 5.30. The second kappa shape index (κ2) is 6.20. The zero-order chi connectivity index (χ0) is 16.4. The lowest BCUT2D eigenvalue weighted by Crippen LogP contribution is -1.90. The first-order chi connectivity index (χ1) is 11.8. The lowest BCUT2D eigenvalue weighted by Gasteiger charge is -2.06. The summed E-state index contributed by atoms with van der Waals surface area (Å²) in [6.07, 6.45) is 0.799. The molecule has 4 rings (SSSR count). The Morgan fingerprint density at radius 2 is 1.71 bits per heavy atom. The lowest BCUT2D eigenvalue weighted by molar-refractivity contribution is 0.415. The number of hydrogen-bond donors (Lipinski definition) is 1. The minimum absolute atomic E-state index is 0.799. The molecule has 0 fully saturated rings. The first-order valence-electron chi connectivity index (χ1n) is 7.99. The number of nitrogens with zero attached hydrogens (tertiary/aromatic N) is 1. The van der Waals surface area contributed by atoms with Crippen LogP contribution in [0.4, 0.5) is 0 Å². The molecule has 0 saturated heterocycles. The second-order valence-corrected chi connectivity index (χ2v) is 5.81. The number of aromatic nitrogens is 2. The summed E-state index contributed by atoms with van der Waals surface area (Å²) < 4.78 is 5.30. The molecule has 0 saturated carbocycles. The molecule has 0 spiro atoms. The van der Waals surface area contributed by atoms with Crippen molar-refractivity contribution in [3.63, 3.8) is 0 Å². The van der Waals surface area contributed by atoms with Crippen LogP contribution in [0.2, 0.25) is 0 Å². The fourth-order valence-corrected chi connectivity index (χ4v) is 2.90. The summed E-state index contributed by atoms with van der Waals surface area (Å²) in [6.45, 7) is 0. The van der Waals surface area contributed by atoms with Gasteiger partial charge in [0.15, 0.2) is 0 Å². The molecule has 3 heteroatoms. The van der Waals surface area contributed by atoms with Crippen LogP contribution in [0.5, 0.6) is 5.75 Å². The highest BCUT2D eigenvalue weighted by atomic mass is 16.5. The minimum Gasteiger partial charge on any atom is -0.497 e. The Hall–Kier alpha value is -3.07. The molecular formula is C21H18N2O. The van der Waals surface area contributed by atoms with Crippen molar-refractivity contribution >= 4 is 11.0 Å². The van der Waals surface area contributed by atoms with Crippen molar-refractivity contribution < 1.29 is 4.74 Å². The third-order valence-electron chi connectivity index (χ3n) is 4.17. The van der Waals surface area contributed by atoms with E-state index in [1.165, 1.54) is 11.1 Å². The standard InChI is InChI=1S/C21H18N2O/c1-24-18-6-4-5-17(14-18)16-11-9-15(10-12-16)13-21-22-19-7-2-3-8-20(19)23-21/h2-12,14H,13H2,1H3,(H,22,23). The fourth-order valence-electron chi connectivity index (χ4n) is 2.90. The number of para-hydroxylation sites is 2. The van der Waals surface area contributed by atoms with Gasteiger partial charge in [-0.1, -0.05) is 48.5 Å². The van der Waals surface area contributed by atoms with Gasteiger partial charge >= 0.3 is 0 Å². The van der Waals surface area contributed by atoms with Gasteiger partial charge in [-0.05, 0) is 41.0 Å². The molecule has 1 heterocycles. The molecule has 0 aliphatic rings. The summed E-state index contributed by atoms with van der Waals surface area (Å²) in [6, 6.07) is 24.8. The molecule has 1 aromatic heterocycles. The van der Waals surface area contributed by atoms with E-state index in [9.17, 15) is 0 Å². The quantitative estimate of drug-likeness (QED) is 0.586. The van der Waals surface area contributed by atoms with Gasteiger partial charge in [-0.3, -0.25) is 0 Å². The van der Waals surface area contributed by atoms with Gasteiger partial charge in [0.25, 0.3) is 0 Å². The fraction of sp³-hybridized carbons (Fsp3) is 0.0952. The van der Waals surface area contributed by atoms with E-state index < -0.39 is 0 Å². The van der Waals surface area contributed by atoms with Gasteiger partial charge in [-0.15, -0.1) is 0 Å². The first kappa shape index (κ1) is 14.5. The first-order valence-corrected chi connectivity index (χ1v) is 7.99. The summed E-state index contributed by atoms with van der Waals surface area (Å²) >= 11 is 0. The Kier molecular flexibility index (Phi) is 3.75. The SMILES string of the molecule is COc1cccc(-c2ccc(Cc3nc4ccccc4[nH]3)cc2)c1. The summed E-state index contributed by atoms with van der Waals surface area (Å²) in [4.78, 5) is 8.02. The van der Waals surface area contributed by atoms with Crippen molar-refractivity contribution in [3.8, 4) is 16.9 Å². The highest BCUT2D eigenvalue weighted by Crippen LogP contribution is 2.24. The van der Waals surface area contributed by atoms with Crippen LogP contribution in [0, 0.1) is 0 Å². The topological polar surface area (TPSA) is 37.9 Å². The Morgan fingerprint density at radius 3 is 2.50 bits per heavy atom. The zero-order valence-electron chi connectivity index (χ0n) is 13.5. The van der Waals surface area contributed by atoms with Crippen molar-refractivity contribution in [2.45, 2.75) is 6.42 Å². The number of imidazole rings is 1. The van der Waals surface area contributed by atoms with Crippen LogP contribution in [-0.4, -0.2) is 17.1 Å². The highest BCUT2D eigenvalue weighted by molar-refractivity contribution is 5.74. The van der Waals surface area contributed by atoms with E-state index in [1.54, 1.807) is 7.11 Å². The third kappa shape index (κ3) is 2.88. The molecule has 0 atom stereocenters. The summed E-state index contributed by atoms with van der Waals surface area (Å²) in [5.74, 6) is 1.86. The van der Waals surface area contributed by atoms with E-state index in [0.717, 1.165) is 34.6 Å². The van der Waals surface area contributed by atoms with E-state index in [4.69, 9.17) is 4.74 Å². The summed E-state index contributed by atoms with van der Waals surface area (Å²) in [5.41, 5.74) is 5.67. The Morgan fingerprint density at radius 1 is 0.875 bits per heavy atom. The van der Waals surface area contributed by atoms with Crippen LogP contribution in [0.25, 0.3) is 22.2 Å². The van der Waals surface area contributed by atoms with Crippen molar-refractivity contribution in [2.24, 2.45) is 0 Å². The number of ether oxygens (including phenoxy) is 1. The molecule has 0 unspecified atom stereocenters. The molecule has 0 aliphatic heterocycles. The van der Waals surface area contributed by atoms with E-state index in [1.807, 2.05) is 36.4 Å². The number of benzene rings is 3. The summed E-state index contributed by atoms with van der Waals surface area (Å²) in [5, 5.41) is 0. The van der Waals surface area contributed by atoms with Gasteiger partial charge in [0, 0.05) is 6.42 Å². The van der Waals surface area contributed by atoms with Crippen molar-refractivity contribution in [1.29, 1.82) is 0 Å². The molecule has 4 aromatic rings. The van der Waals surface area contributed by atoms with Gasteiger partial charge < -0.3 is 9.72 Å². The second-order valence-electron chi connectivity index (χ2n) is 5.81. The number of fused-ring (bicyclic) bond motifs is 1. The van der Waals surface area contributed by atoms with E-state index in [0.29, 0.717) is 0 Å². The number of H-pyrrole nitrogens is 1. The monoisotopic (exact) mass is 314 g/mol. The van der Waals surface area contributed by atoms with Crippen LogP contribution in [-0.2, 0) is 6.42 Å². The Balaban J connectivity index is 1.57. The normalized spacial score (nSPS) is 10.9. The van der Waals surface area contributed by atoms with Gasteiger partial charge in [-0.25, -0.2) is 4.98 Å². The molecule has 3 aromatic carbocycles. The predicted octanol–water partition coefficient (Wildman–Crippen LogP) is 4.83. The highest BCUT2D eigenvalue weighted by Gasteiger charge is 2.04. The Labute approximate surface area is 140 Å². The number of nitrogens with one attached hydrogen (secondary N) is 1. The van der Waals surface area contributed by atoms with E-state index in [-0.39, 0.29) is 0 Å². The predicted molar refractivity (Wildman–Crippen MR) is 97.3 cm³/mol. The molecule has 1 N–H and O–H groups in total. The van der Waals surface area contributed by atoms with Crippen molar-refractivity contribution in [1.82, 2.24) is 9.97 Å². The van der Waals surface area contributed by atoms with Gasteiger partial charge in [0.2, 0.25) is 0 Å². The number of rotatable bonds is 4. The van der Waals surface area contributed by atoms with Crippen LogP contribution < -0.4 is 4.74 Å². The van der Waals surface area contributed by atoms with Crippen LogP contribution in [0.3, 0.4) is 0 Å². The largest absolute Gasteiger partial charge is 0.497 e. The van der Waals surface area contributed by atoms with E-state index >= 15 is 0 Å². The van der Waals surface area contributed by atoms with Crippen LogP contribution in [0.1, 0.15) is 11.4 Å². The van der Waals surface area contributed by atoms with E-state index in [2.05, 4.69) is 46.4 Å². The average Bonchev–Trinajstić information content (AvgIpc) is 3.04. The summed E-state index contributed by atoms with van der Waals surface area (Å²) in [7, 11) is 1.69. The number of hydrogen-bond acceptors (Lipinski definition) is 2. The molecule has 0 aliphatic carbocycles. The van der Waals surface area contributed by atoms with Gasteiger partial charge in [-0.2, -0.15) is 0 Å². The Bertz CT molecular complexity index is 937. The molecular weight excluding hydrogens is 296 g/mol. The van der Waals surface area contributed by atoms with Crippen molar-refractivity contribution in [2.75, 3.05) is 7.11 Å².